The predicted molar refractivity (Wildman–Crippen MR) is 158 cm³/mol. The fourth-order valence-corrected chi connectivity index (χ4v) is 4.84. The number of hydrogen-bond acceptors (Lipinski definition) is 5. The van der Waals surface area contributed by atoms with Crippen molar-refractivity contribution in [2.24, 2.45) is 10.9 Å². The number of aliphatic imine (C=N–C) groups is 1. The minimum absolute atomic E-state index is 0.181. The highest BCUT2D eigenvalue weighted by Crippen LogP contribution is 2.26. The molecule has 0 saturated carbocycles. The van der Waals surface area contributed by atoms with E-state index in [0.29, 0.717) is 12.3 Å². The lowest BCUT2D eigenvalue weighted by atomic mass is 9.93. The fraction of sp³-hybridized carbons (Fsp3) is 0.375. The number of pyridine rings is 2. The Hall–Kier alpha value is -3.80. The minimum Gasteiger partial charge on any atom is -0.357 e. The lowest BCUT2D eigenvalue weighted by Crippen LogP contribution is -2.36. The molecule has 3 heterocycles. The van der Waals surface area contributed by atoms with Crippen LogP contribution in [0.1, 0.15) is 63.1 Å². The molecule has 1 aliphatic rings. The van der Waals surface area contributed by atoms with E-state index in [9.17, 15) is 4.79 Å². The normalized spacial score (nSPS) is 14.4. The van der Waals surface area contributed by atoms with Crippen molar-refractivity contribution in [1.82, 2.24) is 15.3 Å². The maximum atomic E-state index is 12.0. The molecule has 38 heavy (non-hydrogen) atoms. The highest BCUT2D eigenvalue weighted by atomic mass is 16.1. The third-order valence-corrected chi connectivity index (χ3v) is 7.22. The van der Waals surface area contributed by atoms with Crippen LogP contribution < -0.4 is 10.2 Å². The predicted octanol–water partition coefficient (Wildman–Crippen LogP) is 6.62. The van der Waals surface area contributed by atoms with Crippen LogP contribution in [-0.2, 0) is 11.2 Å². The van der Waals surface area contributed by atoms with Crippen LogP contribution in [-0.4, -0.2) is 41.2 Å². The second kappa shape index (κ2) is 13.1. The number of amides is 1. The first-order chi connectivity index (χ1) is 18.5. The molecular weight excluding hydrogens is 470 g/mol. The van der Waals surface area contributed by atoms with Crippen molar-refractivity contribution >= 4 is 29.2 Å². The molecule has 198 valence electrons. The van der Waals surface area contributed by atoms with Crippen LogP contribution in [0.4, 0.5) is 11.5 Å². The zero-order valence-corrected chi connectivity index (χ0v) is 22.9. The SMILES string of the molecule is C=Cc1ccc(N=C(C)c2ccc(-c3ccc(N4CCC(CC(=O)NCCC)CC4)nc3)nc2)c(CC)c1. The van der Waals surface area contributed by atoms with E-state index < -0.39 is 0 Å². The standard InChI is InChI=1S/C32H39N5O/c1-5-16-33-32(38)20-25-14-17-37(18-15-25)31-13-10-28(22-35-31)29-12-9-27(21-34-29)23(4)36-30-11-8-24(6-2)19-26(30)7-3/h6,8-13,19,21-22,25H,2,5,7,14-18,20H2,1,3-4H3,(H,33,38). The van der Waals surface area contributed by atoms with E-state index in [1.807, 2.05) is 37.5 Å². The van der Waals surface area contributed by atoms with E-state index in [1.165, 1.54) is 5.56 Å². The summed E-state index contributed by atoms with van der Waals surface area (Å²) in [5, 5.41) is 2.99. The minimum atomic E-state index is 0.181. The maximum Gasteiger partial charge on any atom is 0.220 e. The Bertz CT molecular complexity index is 1260. The first-order valence-corrected chi connectivity index (χ1v) is 13.8. The lowest BCUT2D eigenvalue weighted by Gasteiger charge is -2.32. The molecule has 1 fully saturated rings. The molecule has 0 unspecified atom stereocenters. The summed E-state index contributed by atoms with van der Waals surface area (Å²) in [6, 6.07) is 14.5. The number of aromatic nitrogens is 2. The Balaban J connectivity index is 1.36. The third kappa shape index (κ3) is 6.94. The summed E-state index contributed by atoms with van der Waals surface area (Å²) in [4.78, 5) is 28.6. The van der Waals surface area contributed by atoms with Crippen LogP contribution in [0.15, 0.2) is 66.4 Å². The number of aryl methyl sites for hydroxylation is 1. The number of nitrogens with one attached hydrogen (secondary N) is 1. The molecule has 1 aliphatic heterocycles. The zero-order chi connectivity index (χ0) is 26.9. The number of benzene rings is 1. The Kier molecular flexibility index (Phi) is 9.41. The largest absolute Gasteiger partial charge is 0.357 e. The molecule has 6 heteroatoms. The topological polar surface area (TPSA) is 70.5 Å². The summed E-state index contributed by atoms with van der Waals surface area (Å²) in [6.07, 6.45) is 10.2. The van der Waals surface area contributed by atoms with Crippen molar-refractivity contribution < 1.29 is 4.79 Å². The summed E-state index contributed by atoms with van der Waals surface area (Å²) >= 11 is 0. The molecule has 6 nitrogen and oxygen atoms in total. The quantitative estimate of drug-likeness (QED) is 0.312. The van der Waals surface area contributed by atoms with Crippen LogP contribution in [0.3, 0.4) is 0 Å². The van der Waals surface area contributed by atoms with Gasteiger partial charge in [-0.1, -0.05) is 32.6 Å². The number of rotatable bonds is 10. The number of nitrogens with zero attached hydrogens (tertiary/aromatic N) is 4. The Morgan fingerprint density at radius 1 is 1.11 bits per heavy atom. The van der Waals surface area contributed by atoms with Crippen molar-refractivity contribution in [2.75, 3.05) is 24.5 Å². The zero-order valence-electron chi connectivity index (χ0n) is 22.9. The molecule has 2 aromatic heterocycles. The van der Waals surface area contributed by atoms with Crippen LogP contribution >= 0.6 is 0 Å². The van der Waals surface area contributed by atoms with Crippen molar-refractivity contribution in [2.45, 2.75) is 52.9 Å². The Morgan fingerprint density at radius 2 is 1.92 bits per heavy atom. The molecule has 1 N–H and O–H groups in total. The van der Waals surface area contributed by atoms with Gasteiger partial charge in [-0.25, -0.2) is 4.98 Å². The fourth-order valence-electron chi connectivity index (χ4n) is 4.84. The highest BCUT2D eigenvalue weighted by Gasteiger charge is 2.22. The third-order valence-electron chi connectivity index (χ3n) is 7.22. The first kappa shape index (κ1) is 27.2. The van der Waals surface area contributed by atoms with Crippen molar-refractivity contribution in [3.63, 3.8) is 0 Å². The van der Waals surface area contributed by atoms with Gasteiger partial charge in [-0.3, -0.25) is 14.8 Å². The van der Waals surface area contributed by atoms with Gasteiger partial charge in [0.05, 0.1) is 11.4 Å². The van der Waals surface area contributed by atoms with Crippen molar-refractivity contribution in [1.29, 1.82) is 0 Å². The average Bonchev–Trinajstić information content (AvgIpc) is 2.97. The van der Waals surface area contributed by atoms with Gasteiger partial charge < -0.3 is 10.2 Å². The van der Waals surface area contributed by atoms with E-state index in [4.69, 9.17) is 15.0 Å². The van der Waals surface area contributed by atoms with E-state index in [0.717, 1.165) is 84.9 Å². The highest BCUT2D eigenvalue weighted by molar-refractivity contribution is 6.00. The average molecular weight is 510 g/mol. The molecule has 1 saturated heterocycles. The Morgan fingerprint density at radius 3 is 2.55 bits per heavy atom. The summed E-state index contributed by atoms with van der Waals surface area (Å²) in [5.74, 6) is 1.62. The summed E-state index contributed by atoms with van der Waals surface area (Å²) < 4.78 is 0. The number of anilines is 1. The van der Waals surface area contributed by atoms with Gasteiger partial charge in [-0.2, -0.15) is 0 Å². The van der Waals surface area contributed by atoms with Gasteiger partial charge >= 0.3 is 0 Å². The van der Waals surface area contributed by atoms with Gasteiger partial charge in [-0.05, 0) is 86.1 Å². The number of carbonyl (C=O) groups excluding carboxylic acids is 1. The lowest BCUT2D eigenvalue weighted by molar-refractivity contribution is -0.122. The molecule has 4 rings (SSSR count). The van der Waals surface area contributed by atoms with Gasteiger partial charge in [0.2, 0.25) is 5.91 Å². The summed E-state index contributed by atoms with van der Waals surface area (Å²) in [5.41, 5.74) is 7.12. The van der Waals surface area contributed by atoms with E-state index in [2.05, 4.69) is 61.0 Å². The maximum absolute atomic E-state index is 12.0. The summed E-state index contributed by atoms with van der Waals surface area (Å²) in [6.45, 7) is 12.7. The van der Waals surface area contributed by atoms with E-state index >= 15 is 0 Å². The van der Waals surface area contributed by atoms with Gasteiger partial charge in [0.15, 0.2) is 0 Å². The van der Waals surface area contributed by atoms with Gasteiger partial charge in [-0.15, -0.1) is 0 Å². The Labute approximate surface area is 226 Å². The smallest absolute Gasteiger partial charge is 0.220 e. The van der Waals surface area contributed by atoms with Gasteiger partial charge in [0.25, 0.3) is 0 Å². The molecule has 3 aromatic rings. The number of hydrogen-bond donors (Lipinski definition) is 1. The van der Waals surface area contributed by atoms with Gasteiger partial charge in [0.1, 0.15) is 5.82 Å². The van der Waals surface area contributed by atoms with Crippen LogP contribution in [0.25, 0.3) is 17.3 Å². The van der Waals surface area contributed by atoms with Crippen molar-refractivity contribution in [3.05, 3.63) is 78.1 Å². The van der Waals surface area contributed by atoms with Crippen LogP contribution in [0, 0.1) is 5.92 Å². The molecule has 0 spiro atoms. The molecule has 1 amide bonds. The molecular formula is C32H39N5O. The number of piperidine rings is 1. The van der Waals surface area contributed by atoms with E-state index in [-0.39, 0.29) is 5.91 Å². The van der Waals surface area contributed by atoms with E-state index in [1.54, 1.807) is 0 Å². The van der Waals surface area contributed by atoms with Crippen molar-refractivity contribution in [3.8, 4) is 11.3 Å². The number of carbonyl (C=O) groups is 1. The molecule has 0 bridgehead atoms. The monoisotopic (exact) mass is 509 g/mol. The molecule has 1 aromatic carbocycles. The van der Waals surface area contributed by atoms with Crippen LogP contribution in [0.2, 0.25) is 0 Å². The molecule has 0 atom stereocenters. The second-order valence-corrected chi connectivity index (χ2v) is 9.96. The van der Waals surface area contributed by atoms with Gasteiger partial charge in [0, 0.05) is 55.3 Å². The first-order valence-electron chi connectivity index (χ1n) is 13.8. The second-order valence-electron chi connectivity index (χ2n) is 9.96. The van der Waals surface area contributed by atoms with Crippen LogP contribution in [0.5, 0.6) is 0 Å². The molecule has 0 radical (unpaired) electrons. The summed E-state index contributed by atoms with van der Waals surface area (Å²) in [7, 11) is 0. The molecule has 0 aliphatic carbocycles.